The number of hydrogen-bond donors (Lipinski definition) is 3. The Morgan fingerprint density at radius 1 is 1.14 bits per heavy atom. The van der Waals surface area contributed by atoms with E-state index < -0.39 is 0 Å². The van der Waals surface area contributed by atoms with Gasteiger partial charge >= 0.3 is 0 Å². The van der Waals surface area contributed by atoms with Crippen molar-refractivity contribution in [3.05, 3.63) is 34.9 Å². The fraction of sp³-hybridized carbons (Fsp3) is 0.429. The van der Waals surface area contributed by atoms with Crippen LogP contribution in [0.15, 0.2) is 24.3 Å². The van der Waals surface area contributed by atoms with E-state index in [2.05, 4.69) is 10.6 Å². The second-order valence-electron chi connectivity index (χ2n) is 5.04. The molecule has 0 unspecified atom stereocenters. The molecule has 0 aliphatic heterocycles. The van der Waals surface area contributed by atoms with Crippen LogP contribution in [0.4, 0.5) is 0 Å². The zero-order valence-corrected chi connectivity index (χ0v) is 13.1. The fourth-order valence-electron chi connectivity index (χ4n) is 2.10. The number of rotatable bonds is 6. The summed E-state index contributed by atoms with van der Waals surface area (Å²) in [6.07, 6.45) is 2.09. The fourth-order valence-corrected chi connectivity index (χ4v) is 2.23. The number of nitrogens with two attached hydrogens (primary N) is 1. The first-order chi connectivity index (χ1) is 9.55. The van der Waals surface area contributed by atoms with Gasteiger partial charge in [-0.3, -0.25) is 9.59 Å². The summed E-state index contributed by atoms with van der Waals surface area (Å²) in [7, 11) is 0. The Morgan fingerprint density at radius 3 is 2.29 bits per heavy atom. The lowest BCUT2D eigenvalue weighted by Gasteiger charge is -2.17. The van der Waals surface area contributed by atoms with Crippen molar-refractivity contribution in [2.75, 3.05) is 19.6 Å². The highest BCUT2D eigenvalue weighted by atomic mass is 35.5. The van der Waals surface area contributed by atoms with E-state index in [1.165, 1.54) is 5.56 Å². The molecule has 5 nitrogen and oxygen atoms in total. The van der Waals surface area contributed by atoms with E-state index in [0.29, 0.717) is 11.6 Å². The predicted molar refractivity (Wildman–Crippen MR) is 84.7 cm³/mol. The lowest BCUT2D eigenvalue weighted by molar-refractivity contribution is -0.125. The molecule has 1 aromatic rings. The van der Waals surface area contributed by atoms with Gasteiger partial charge in [0.15, 0.2) is 0 Å². The Labute approximate surface area is 135 Å². The van der Waals surface area contributed by atoms with Gasteiger partial charge < -0.3 is 16.4 Å². The van der Waals surface area contributed by atoms with E-state index >= 15 is 0 Å². The van der Waals surface area contributed by atoms with Gasteiger partial charge in [-0.2, -0.15) is 0 Å². The second kappa shape index (κ2) is 7.64. The number of carbonyl (C=O) groups is 2. The van der Waals surface area contributed by atoms with E-state index in [1.54, 1.807) is 0 Å². The molecule has 2 rings (SSSR count). The second-order valence-corrected chi connectivity index (χ2v) is 5.48. The van der Waals surface area contributed by atoms with Crippen LogP contribution >= 0.6 is 24.0 Å². The van der Waals surface area contributed by atoms with Crippen molar-refractivity contribution in [2.45, 2.75) is 18.3 Å². The number of halogens is 2. The smallest absolute Gasteiger partial charge is 0.239 e. The van der Waals surface area contributed by atoms with Crippen molar-refractivity contribution in [3.8, 4) is 0 Å². The average molecular weight is 332 g/mol. The van der Waals surface area contributed by atoms with Crippen molar-refractivity contribution < 1.29 is 9.59 Å². The van der Waals surface area contributed by atoms with Gasteiger partial charge in [-0.05, 0) is 30.5 Å². The van der Waals surface area contributed by atoms with Gasteiger partial charge in [0.1, 0.15) is 0 Å². The van der Waals surface area contributed by atoms with Crippen molar-refractivity contribution >= 4 is 35.8 Å². The van der Waals surface area contributed by atoms with Crippen LogP contribution in [0.25, 0.3) is 0 Å². The predicted octanol–water partition coefficient (Wildman–Crippen LogP) is 0.985. The Kier molecular flexibility index (Phi) is 6.45. The molecular weight excluding hydrogens is 313 g/mol. The van der Waals surface area contributed by atoms with Crippen LogP contribution in [0, 0.1) is 0 Å². The SMILES string of the molecule is Cl.NCC(=O)NCC(=O)NCC1(c2ccc(Cl)cc2)CC1. The van der Waals surface area contributed by atoms with Crippen molar-refractivity contribution in [1.29, 1.82) is 0 Å². The maximum Gasteiger partial charge on any atom is 0.239 e. The number of carbonyl (C=O) groups excluding carboxylic acids is 2. The topological polar surface area (TPSA) is 84.2 Å². The Hall–Kier alpha value is -1.30. The third-order valence-electron chi connectivity index (χ3n) is 3.57. The molecule has 21 heavy (non-hydrogen) atoms. The first kappa shape index (κ1) is 17.8. The van der Waals surface area contributed by atoms with Crippen LogP contribution in [-0.4, -0.2) is 31.4 Å². The van der Waals surface area contributed by atoms with Crippen LogP contribution in [-0.2, 0) is 15.0 Å². The quantitative estimate of drug-likeness (QED) is 0.726. The first-order valence-corrected chi connectivity index (χ1v) is 6.93. The molecule has 116 valence electrons. The highest BCUT2D eigenvalue weighted by molar-refractivity contribution is 6.30. The first-order valence-electron chi connectivity index (χ1n) is 6.55. The Morgan fingerprint density at radius 2 is 1.76 bits per heavy atom. The maximum atomic E-state index is 11.6. The standard InChI is InChI=1S/C14H18ClN3O2.ClH/c15-11-3-1-10(2-4-11)14(5-6-14)9-18-13(20)8-17-12(19)7-16;/h1-4H,5-9,16H2,(H,17,19)(H,18,20);1H. The van der Waals surface area contributed by atoms with Crippen molar-refractivity contribution in [1.82, 2.24) is 10.6 Å². The molecular formula is C14H19Cl2N3O2. The van der Waals surface area contributed by atoms with Gasteiger partial charge in [0.25, 0.3) is 0 Å². The van der Waals surface area contributed by atoms with Crippen LogP contribution in [0.5, 0.6) is 0 Å². The largest absolute Gasteiger partial charge is 0.354 e. The number of nitrogens with one attached hydrogen (secondary N) is 2. The zero-order valence-electron chi connectivity index (χ0n) is 11.5. The van der Waals surface area contributed by atoms with E-state index in [0.717, 1.165) is 12.8 Å². The molecule has 0 spiro atoms. The lowest BCUT2D eigenvalue weighted by atomic mass is 9.96. The van der Waals surface area contributed by atoms with Crippen molar-refractivity contribution in [2.24, 2.45) is 5.73 Å². The molecule has 2 amide bonds. The van der Waals surface area contributed by atoms with Gasteiger partial charge in [-0.25, -0.2) is 0 Å². The molecule has 4 N–H and O–H groups in total. The van der Waals surface area contributed by atoms with E-state index in [4.69, 9.17) is 17.3 Å². The summed E-state index contributed by atoms with van der Waals surface area (Å²) in [5, 5.41) is 6.00. The Bertz CT molecular complexity index is 501. The van der Waals surface area contributed by atoms with Gasteiger partial charge in [-0.15, -0.1) is 12.4 Å². The third-order valence-corrected chi connectivity index (χ3v) is 3.82. The van der Waals surface area contributed by atoms with E-state index in [9.17, 15) is 9.59 Å². The molecule has 1 saturated carbocycles. The molecule has 0 heterocycles. The summed E-state index contributed by atoms with van der Waals surface area (Å²) in [5.41, 5.74) is 6.36. The summed E-state index contributed by atoms with van der Waals surface area (Å²) in [4.78, 5) is 22.6. The van der Waals surface area contributed by atoms with E-state index in [-0.39, 0.29) is 42.7 Å². The van der Waals surface area contributed by atoms with Crippen molar-refractivity contribution in [3.63, 3.8) is 0 Å². The molecule has 0 saturated heterocycles. The zero-order chi connectivity index (χ0) is 14.6. The minimum Gasteiger partial charge on any atom is -0.354 e. The molecule has 1 aromatic carbocycles. The van der Waals surface area contributed by atoms with E-state index in [1.807, 2.05) is 24.3 Å². The normalized spacial score (nSPS) is 14.8. The molecule has 1 fully saturated rings. The Balaban J connectivity index is 0.00000220. The monoisotopic (exact) mass is 331 g/mol. The minimum absolute atomic E-state index is 0. The van der Waals surface area contributed by atoms with Gasteiger partial charge in [0.2, 0.25) is 11.8 Å². The molecule has 7 heteroatoms. The van der Waals surface area contributed by atoms with Crippen LogP contribution in [0.1, 0.15) is 18.4 Å². The molecule has 0 aromatic heterocycles. The number of amides is 2. The summed E-state index contributed by atoms with van der Waals surface area (Å²) >= 11 is 5.87. The van der Waals surface area contributed by atoms with Gasteiger partial charge in [-0.1, -0.05) is 23.7 Å². The molecule has 0 radical (unpaired) electrons. The minimum atomic E-state index is -0.334. The summed E-state index contributed by atoms with van der Waals surface area (Å²) in [5.74, 6) is -0.536. The highest BCUT2D eigenvalue weighted by Gasteiger charge is 2.44. The molecule has 0 atom stereocenters. The average Bonchev–Trinajstić information content (AvgIpc) is 3.24. The van der Waals surface area contributed by atoms with Crippen LogP contribution < -0.4 is 16.4 Å². The summed E-state index contributed by atoms with van der Waals surface area (Å²) in [6, 6.07) is 7.72. The number of benzene rings is 1. The van der Waals surface area contributed by atoms with Crippen LogP contribution in [0.2, 0.25) is 5.02 Å². The summed E-state index contributed by atoms with van der Waals surface area (Å²) in [6.45, 7) is 0.431. The molecule has 0 bridgehead atoms. The van der Waals surface area contributed by atoms with Gasteiger partial charge in [0.05, 0.1) is 13.1 Å². The highest BCUT2D eigenvalue weighted by Crippen LogP contribution is 2.47. The molecule has 1 aliphatic rings. The molecule has 1 aliphatic carbocycles. The summed E-state index contributed by atoms with van der Waals surface area (Å²) < 4.78 is 0. The third kappa shape index (κ3) is 4.88. The number of hydrogen-bond acceptors (Lipinski definition) is 3. The lowest BCUT2D eigenvalue weighted by Crippen LogP contribution is -2.41. The van der Waals surface area contributed by atoms with Crippen LogP contribution in [0.3, 0.4) is 0 Å². The van der Waals surface area contributed by atoms with Gasteiger partial charge in [0, 0.05) is 17.0 Å². The maximum absolute atomic E-state index is 11.6.